The molecule has 1 aromatic heterocycles. The van der Waals surface area contributed by atoms with Crippen molar-refractivity contribution in [3.63, 3.8) is 0 Å². The highest BCUT2D eigenvalue weighted by atomic mass is 16.4. The van der Waals surface area contributed by atoms with Crippen molar-refractivity contribution in [2.75, 3.05) is 26.2 Å². The van der Waals surface area contributed by atoms with Gasteiger partial charge in [0, 0.05) is 38.9 Å². The van der Waals surface area contributed by atoms with E-state index in [4.69, 9.17) is 39.6 Å². The fourth-order valence-electron chi connectivity index (χ4n) is 1.59. The van der Waals surface area contributed by atoms with Crippen molar-refractivity contribution in [1.82, 2.24) is 15.2 Å². The predicted molar refractivity (Wildman–Crippen MR) is 82.9 cm³/mol. The summed E-state index contributed by atoms with van der Waals surface area (Å²) in [7, 11) is 0. The molecule has 0 saturated carbocycles. The van der Waals surface area contributed by atoms with Gasteiger partial charge in [-0.1, -0.05) is 6.07 Å². The third-order valence-corrected chi connectivity index (χ3v) is 2.69. The summed E-state index contributed by atoms with van der Waals surface area (Å²) >= 11 is 0. The molecule has 0 aliphatic carbocycles. The fraction of sp³-hybridized carbons (Fsp3) is 0.357. The van der Waals surface area contributed by atoms with Crippen molar-refractivity contribution in [3.05, 3.63) is 30.1 Å². The summed E-state index contributed by atoms with van der Waals surface area (Å²) in [4.78, 5) is 43.1. The van der Waals surface area contributed by atoms with E-state index in [2.05, 4.69) is 21.3 Å². The molecule has 1 saturated heterocycles. The highest BCUT2D eigenvalue weighted by Crippen LogP contribution is 2.01. The van der Waals surface area contributed by atoms with Gasteiger partial charge in [-0.25, -0.2) is 19.2 Å². The summed E-state index contributed by atoms with van der Waals surface area (Å²) in [6, 6.07) is 6.09. The number of carbonyl (C=O) groups is 4. The fourth-order valence-corrected chi connectivity index (χ4v) is 1.59. The quantitative estimate of drug-likeness (QED) is 0.401. The van der Waals surface area contributed by atoms with E-state index in [0.717, 1.165) is 32.7 Å². The predicted octanol–water partition coefficient (Wildman–Crippen LogP) is -1.20. The number of aromatic nitrogens is 1. The molecule has 2 heterocycles. The van der Waals surface area contributed by atoms with Crippen LogP contribution in [0.5, 0.6) is 0 Å². The maximum atomic E-state index is 9.10. The number of hydrogen-bond donors (Lipinski definition) is 5. The molecule has 0 amide bonds. The molecule has 138 valence electrons. The molecule has 0 atom stereocenters. The van der Waals surface area contributed by atoms with Crippen molar-refractivity contribution in [2.24, 2.45) is 0 Å². The van der Waals surface area contributed by atoms with Gasteiger partial charge >= 0.3 is 23.9 Å². The molecule has 1 aliphatic heterocycles. The number of pyridine rings is 1. The molecule has 11 heteroatoms. The summed E-state index contributed by atoms with van der Waals surface area (Å²) < 4.78 is 0. The molecule has 11 nitrogen and oxygen atoms in total. The third kappa shape index (κ3) is 12.1. The minimum Gasteiger partial charge on any atom is -0.473 e. The number of carboxylic acids is 4. The average Bonchev–Trinajstić information content (AvgIpc) is 2.57. The van der Waals surface area contributed by atoms with Gasteiger partial charge in [0.25, 0.3) is 0 Å². The molecule has 1 aromatic rings. The van der Waals surface area contributed by atoms with Crippen LogP contribution >= 0.6 is 0 Å². The minimum atomic E-state index is -1.82. The topological polar surface area (TPSA) is 177 Å². The first-order valence-corrected chi connectivity index (χ1v) is 6.99. The van der Waals surface area contributed by atoms with Crippen LogP contribution in [0.15, 0.2) is 24.4 Å². The summed E-state index contributed by atoms with van der Waals surface area (Å²) in [5.74, 6) is -7.30. The van der Waals surface area contributed by atoms with Crippen molar-refractivity contribution < 1.29 is 39.6 Å². The van der Waals surface area contributed by atoms with Crippen molar-refractivity contribution in [2.45, 2.75) is 6.54 Å². The van der Waals surface area contributed by atoms with Crippen LogP contribution in [0.1, 0.15) is 5.69 Å². The molecular formula is C14H19N3O8. The number of hydrogen-bond acceptors (Lipinski definition) is 7. The van der Waals surface area contributed by atoms with Crippen LogP contribution in [0.2, 0.25) is 0 Å². The first kappa shape index (κ1) is 21.9. The Bertz CT molecular complexity index is 525. The number of nitrogens with one attached hydrogen (secondary N) is 1. The Morgan fingerprint density at radius 2 is 1.40 bits per heavy atom. The van der Waals surface area contributed by atoms with Crippen LogP contribution in [-0.2, 0) is 25.7 Å². The number of carboxylic acid groups (broad SMARTS) is 4. The average molecular weight is 357 g/mol. The van der Waals surface area contributed by atoms with Gasteiger partial charge in [-0.05, 0) is 12.1 Å². The van der Waals surface area contributed by atoms with E-state index in [0.29, 0.717) is 0 Å². The Kier molecular flexibility index (Phi) is 10.9. The maximum absolute atomic E-state index is 9.10. The van der Waals surface area contributed by atoms with Crippen LogP contribution in [-0.4, -0.2) is 80.4 Å². The Balaban J connectivity index is 0.000000406. The minimum absolute atomic E-state index is 0.989. The molecule has 2 rings (SSSR count). The van der Waals surface area contributed by atoms with Gasteiger partial charge in [0.05, 0.1) is 5.69 Å². The molecule has 5 N–H and O–H groups in total. The molecule has 1 fully saturated rings. The van der Waals surface area contributed by atoms with E-state index in [1.165, 1.54) is 5.69 Å². The zero-order valence-corrected chi connectivity index (χ0v) is 13.2. The molecule has 0 radical (unpaired) electrons. The van der Waals surface area contributed by atoms with Crippen LogP contribution in [0.25, 0.3) is 0 Å². The Morgan fingerprint density at radius 3 is 1.76 bits per heavy atom. The van der Waals surface area contributed by atoms with E-state index in [1.54, 1.807) is 0 Å². The second kappa shape index (κ2) is 12.4. The highest BCUT2D eigenvalue weighted by Gasteiger charge is 2.09. The molecule has 0 bridgehead atoms. The smallest absolute Gasteiger partial charge is 0.414 e. The summed E-state index contributed by atoms with van der Waals surface area (Å²) in [6.07, 6.45) is 1.86. The van der Waals surface area contributed by atoms with Crippen LogP contribution in [0.4, 0.5) is 0 Å². The van der Waals surface area contributed by atoms with Gasteiger partial charge < -0.3 is 25.7 Å². The van der Waals surface area contributed by atoms with Gasteiger partial charge in [-0.15, -0.1) is 0 Å². The maximum Gasteiger partial charge on any atom is 0.414 e. The summed E-state index contributed by atoms with van der Waals surface area (Å²) in [5.41, 5.74) is 1.17. The number of piperazine rings is 1. The van der Waals surface area contributed by atoms with Gasteiger partial charge in [-0.3, -0.25) is 9.88 Å². The first-order valence-electron chi connectivity index (χ1n) is 6.99. The molecule has 1 aliphatic rings. The largest absolute Gasteiger partial charge is 0.473 e. The Morgan fingerprint density at radius 1 is 0.920 bits per heavy atom. The van der Waals surface area contributed by atoms with Crippen LogP contribution < -0.4 is 5.32 Å². The second-order valence-corrected chi connectivity index (χ2v) is 4.57. The molecule has 0 aromatic carbocycles. The molecule has 0 unspecified atom stereocenters. The standard InChI is InChI=1S/C10H15N3.2C2H2O4/c1-2-4-12-10(3-1)9-13-7-5-11-6-8-13;2*3-1(4)2(5)6/h1-4,11H,5-9H2;2*(H,3,4)(H,5,6). The van der Waals surface area contributed by atoms with E-state index < -0.39 is 23.9 Å². The molecule has 0 spiro atoms. The Hall–Kier alpha value is -3.05. The summed E-state index contributed by atoms with van der Waals surface area (Å²) in [6.45, 7) is 5.47. The highest BCUT2D eigenvalue weighted by molar-refractivity contribution is 6.27. The monoisotopic (exact) mass is 357 g/mol. The SMILES string of the molecule is O=C(O)C(=O)O.O=C(O)C(=O)O.c1ccc(CN2CCNCC2)nc1. The third-order valence-electron chi connectivity index (χ3n) is 2.69. The van der Waals surface area contributed by atoms with Crippen LogP contribution in [0, 0.1) is 0 Å². The van der Waals surface area contributed by atoms with E-state index in [-0.39, 0.29) is 0 Å². The lowest BCUT2D eigenvalue weighted by molar-refractivity contribution is -0.159. The van der Waals surface area contributed by atoms with E-state index in [9.17, 15) is 0 Å². The summed E-state index contributed by atoms with van der Waals surface area (Å²) in [5, 5.41) is 32.9. The van der Waals surface area contributed by atoms with Crippen molar-refractivity contribution >= 4 is 23.9 Å². The van der Waals surface area contributed by atoms with E-state index in [1.807, 2.05) is 18.3 Å². The van der Waals surface area contributed by atoms with E-state index >= 15 is 0 Å². The van der Waals surface area contributed by atoms with Gasteiger partial charge in [-0.2, -0.15) is 0 Å². The van der Waals surface area contributed by atoms with Gasteiger partial charge in [0.1, 0.15) is 0 Å². The number of aliphatic carboxylic acids is 4. The lowest BCUT2D eigenvalue weighted by Gasteiger charge is -2.26. The number of rotatable bonds is 2. The lowest BCUT2D eigenvalue weighted by atomic mass is 10.3. The zero-order valence-electron chi connectivity index (χ0n) is 13.2. The lowest BCUT2D eigenvalue weighted by Crippen LogP contribution is -2.43. The second-order valence-electron chi connectivity index (χ2n) is 4.57. The molecule has 25 heavy (non-hydrogen) atoms. The van der Waals surface area contributed by atoms with Gasteiger partial charge in [0.15, 0.2) is 0 Å². The normalized spacial score (nSPS) is 13.3. The Labute approximate surface area is 142 Å². The van der Waals surface area contributed by atoms with Crippen molar-refractivity contribution in [3.8, 4) is 0 Å². The molecular weight excluding hydrogens is 338 g/mol. The van der Waals surface area contributed by atoms with Gasteiger partial charge in [0.2, 0.25) is 0 Å². The van der Waals surface area contributed by atoms with Crippen LogP contribution in [0.3, 0.4) is 0 Å². The number of nitrogens with zero attached hydrogens (tertiary/aromatic N) is 2. The van der Waals surface area contributed by atoms with Crippen molar-refractivity contribution in [1.29, 1.82) is 0 Å². The first-order chi connectivity index (χ1) is 11.7. The zero-order chi connectivity index (χ0) is 19.2.